The fraction of sp³-hybridized carbons (Fsp3) is 0.600. The van der Waals surface area contributed by atoms with Crippen molar-refractivity contribution in [3.05, 3.63) is 29.6 Å². The van der Waals surface area contributed by atoms with E-state index in [9.17, 15) is 12.8 Å². The molecule has 0 bridgehead atoms. The van der Waals surface area contributed by atoms with E-state index < -0.39 is 21.4 Å². The summed E-state index contributed by atoms with van der Waals surface area (Å²) in [6, 6.07) is 4.10. The zero-order chi connectivity index (χ0) is 15.7. The standard InChI is InChI=1S/C15H23FN2O2S/c1-11-6-3-4-9-15(11,10-17)18-21(19,20)14-8-5-7-13(16)12(14)2/h5,7-8,11,18H,3-4,6,9-10,17H2,1-2H3. The van der Waals surface area contributed by atoms with Crippen LogP contribution in [0.1, 0.15) is 38.2 Å². The molecule has 0 radical (unpaired) electrons. The van der Waals surface area contributed by atoms with Crippen LogP contribution in [0, 0.1) is 18.7 Å². The third-order valence-corrected chi connectivity index (χ3v) is 6.36. The normalized spacial score (nSPS) is 26.8. The molecule has 118 valence electrons. The summed E-state index contributed by atoms with van der Waals surface area (Å²) in [6.45, 7) is 3.75. The zero-order valence-corrected chi connectivity index (χ0v) is 13.3. The lowest BCUT2D eigenvalue weighted by atomic mass is 9.74. The number of nitrogens with one attached hydrogen (secondary N) is 1. The van der Waals surface area contributed by atoms with Crippen LogP contribution >= 0.6 is 0 Å². The molecule has 1 aromatic carbocycles. The van der Waals surface area contributed by atoms with E-state index in [4.69, 9.17) is 5.73 Å². The number of sulfonamides is 1. The van der Waals surface area contributed by atoms with Crippen molar-refractivity contribution in [3.8, 4) is 0 Å². The van der Waals surface area contributed by atoms with Gasteiger partial charge < -0.3 is 5.73 Å². The average Bonchev–Trinajstić information content (AvgIpc) is 2.44. The molecular formula is C15H23FN2O2S. The van der Waals surface area contributed by atoms with Crippen molar-refractivity contribution in [2.24, 2.45) is 11.7 Å². The van der Waals surface area contributed by atoms with Gasteiger partial charge in [0.05, 0.1) is 4.90 Å². The molecule has 0 aromatic heterocycles. The van der Waals surface area contributed by atoms with Gasteiger partial charge in [0.1, 0.15) is 5.82 Å². The first-order valence-electron chi connectivity index (χ1n) is 7.31. The number of rotatable bonds is 4. The van der Waals surface area contributed by atoms with Crippen molar-refractivity contribution in [3.63, 3.8) is 0 Å². The monoisotopic (exact) mass is 314 g/mol. The SMILES string of the molecule is Cc1c(F)cccc1S(=O)(=O)NC1(CN)CCCCC1C. The molecule has 0 spiro atoms. The third-order valence-electron chi connectivity index (χ3n) is 4.66. The maximum atomic E-state index is 13.6. The first kappa shape index (κ1) is 16.4. The minimum Gasteiger partial charge on any atom is -0.329 e. The summed E-state index contributed by atoms with van der Waals surface area (Å²) in [7, 11) is -3.79. The van der Waals surface area contributed by atoms with Gasteiger partial charge >= 0.3 is 0 Å². The Bertz CT molecular complexity index is 618. The molecule has 1 fully saturated rings. The van der Waals surface area contributed by atoms with Crippen LogP contribution in [0.2, 0.25) is 0 Å². The lowest BCUT2D eigenvalue weighted by molar-refractivity contribution is 0.191. The Morgan fingerprint density at radius 1 is 1.43 bits per heavy atom. The summed E-state index contributed by atoms with van der Waals surface area (Å²) in [5.41, 5.74) is 5.39. The van der Waals surface area contributed by atoms with Gasteiger partial charge in [0.25, 0.3) is 0 Å². The van der Waals surface area contributed by atoms with Gasteiger partial charge in [-0.2, -0.15) is 0 Å². The predicted octanol–water partition coefficient (Wildman–Crippen LogP) is 2.32. The van der Waals surface area contributed by atoms with Crippen molar-refractivity contribution < 1.29 is 12.8 Å². The summed E-state index contributed by atoms with van der Waals surface area (Å²) in [6.07, 6.45) is 3.70. The van der Waals surface area contributed by atoms with Crippen LogP contribution in [0.25, 0.3) is 0 Å². The van der Waals surface area contributed by atoms with E-state index in [1.807, 2.05) is 6.92 Å². The highest BCUT2D eigenvalue weighted by atomic mass is 32.2. The highest BCUT2D eigenvalue weighted by Crippen LogP contribution is 2.34. The van der Waals surface area contributed by atoms with Crippen LogP contribution in [0.15, 0.2) is 23.1 Å². The summed E-state index contributed by atoms with van der Waals surface area (Å²) in [4.78, 5) is -0.00639. The lowest BCUT2D eigenvalue weighted by Gasteiger charge is -2.42. The maximum absolute atomic E-state index is 13.6. The topological polar surface area (TPSA) is 72.2 Å². The second-order valence-corrected chi connectivity index (χ2v) is 7.63. The number of benzene rings is 1. The van der Waals surface area contributed by atoms with E-state index in [2.05, 4.69) is 4.72 Å². The number of hydrogen-bond donors (Lipinski definition) is 2. The molecule has 1 aromatic rings. The lowest BCUT2D eigenvalue weighted by Crippen LogP contribution is -2.59. The zero-order valence-electron chi connectivity index (χ0n) is 12.5. The van der Waals surface area contributed by atoms with Crippen molar-refractivity contribution in [2.45, 2.75) is 50.0 Å². The molecule has 2 atom stereocenters. The fourth-order valence-corrected chi connectivity index (χ4v) is 4.90. The van der Waals surface area contributed by atoms with Crippen LogP contribution < -0.4 is 10.5 Å². The van der Waals surface area contributed by atoms with Gasteiger partial charge in [0.2, 0.25) is 10.0 Å². The number of hydrogen-bond acceptors (Lipinski definition) is 3. The van der Waals surface area contributed by atoms with Gasteiger partial charge in [0.15, 0.2) is 0 Å². The molecule has 0 aliphatic heterocycles. The minimum atomic E-state index is -3.79. The van der Waals surface area contributed by atoms with Crippen molar-refractivity contribution in [1.82, 2.24) is 4.72 Å². The molecule has 0 heterocycles. The Balaban J connectivity index is 2.38. The molecule has 0 amide bonds. The Morgan fingerprint density at radius 2 is 2.14 bits per heavy atom. The van der Waals surface area contributed by atoms with Gasteiger partial charge in [-0.05, 0) is 37.8 Å². The van der Waals surface area contributed by atoms with Crippen molar-refractivity contribution >= 4 is 10.0 Å². The smallest absolute Gasteiger partial charge is 0.241 e. The molecule has 1 aliphatic carbocycles. The highest BCUT2D eigenvalue weighted by molar-refractivity contribution is 7.89. The molecule has 1 saturated carbocycles. The molecular weight excluding hydrogens is 291 g/mol. The van der Waals surface area contributed by atoms with E-state index in [-0.39, 0.29) is 22.9 Å². The van der Waals surface area contributed by atoms with E-state index >= 15 is 0 Å². The fourth-order valence-electron chi connectivity index (χ4n) is 3.11. The molecule has 4 nitrogen and oxygen atoms in total. The van der Waals surface area contributed by atoms with Gasteiger partial charge in [-0.25, -0.2) is 17.5 Å². The predicted molar refractivity (Wildman–Crippen MR) is 80.9 cm³/mol. The highest BCUT2D eigenvalue weighted by Gasteiger charge is 2.40. The Hall–Kier alpha value is -0.980. The molecule has 1 aliphatic rings. The van der Waals surface area contributed by atoms with Crippen LogP contribution in [-0.2, 0) is 10.0 Å². The molecule has 2 unspecified atom stereocenters. The van der Waals surface area contributed by atoms with Crippen LogP contribution in [0.3, 0.4) is 0 Å². The molecule has 3 N–H and O–H groups in total. The van der Waals surface area contributed by atoms with Gasteiger partial charge in [-0.1, -0.05) is 25.8 Å². The summed E-state index contributed by atoms with van der Waals surface area (Å²) in [5.74, 6) is -0.351. The van der Waals surface area contributed by atoms with Gasteiger partial charge in [-0.15, -0.1) is 0 Å². The van der Waals surface area contributed by atoms with E-state index in [1.165, 1.54) is 25.1 Å². The number of halogens is 1. The van der Waals surface area contributed by atoms with E-state index in [0.29, 0.717) is 0 Å². The summed E-state index contributed by atoms with van der Waals surface area (Å²) >= 11 is 0. The van der Waals surface area contributed by atoms with Crippen molar-refractivity contribution in [1.29, 1.82) is 0 Å². The molecule has 2 rings (SSSR count). The first-order chi connectivity index (χ1) is 9.82. The van der Waals surface area contributed by atoms with Crippen LogP contribution in [0.4, 0.5) is 4.39 Å². The molecule has 0 saturated heterocycles. The van der Waals surface area contributed by atoms with Gasteiger partial charge in [-0.3, -0.25) is 0 Å². The first-order valence-corrected chi connectivity index (χ1v) is 8.80. The largest absolute Gasteiger partial charge is 0.329 e. The molecule has 21 heavy (non-hydrogen) atoms. The maximum Gasteiger partial charge on any atom is 0.241 e. The summed E-state index contributed by atoms with van der Waals surface area (Å²) < 4.78 is 41.7. The van der Waals surface area contributed by atoms with E-state index in [1.54, 1.807) is 0 Å². The average molecular weight is 314 g/mol. The Morgan fingerprint density at radius 3 is 2.76 bits per heavy atom. The quantitative estimate of drug-likeness (QED) is 0.896. The van der Waals surface area contributed by atoms with Crippen LogP contribution in [-0.4, -0.2) is 20.5 Å². The Kier molecular flexibility index (Phi) is 4.70. The minimum absolute atomic E-state index is 0.00639. The summed E-state index contributed by atoms with van der Waals surface area (Å²) in [5, 5.41) is 0. The van der Waals surface area contributed by atoms with Crippen molar-refractivity contribution in [2.75, 3.05) is 6.54 Å². The third kappa shape index (κ3) is 3.12. The van der Waals surface area contributed by atoms with Crippen LogP contribution in [0.5, 0.6) is 0 Å². The second kappa shape index (κ2) is 6.02. The molecule has 6 heteroatoms. The van der Waals surface area contributed by atoms with Gasteiger partial charge in [0, 0.05) is 17.6 Å². The Labute approximate surface area is 126 Å². The number of nitrogens with two attached hydrogens (primary N) is 1. The van der Waals surface area contributed by atoms with E-state index in [0.717, 1.165) is 25.7 Å². The second-order valence-electron chi connectivity index (χ2n) is 5.98.